The normalized spacial score (nSPS) is 11.8. The zero-order valence-corrected chi connectivity index (χ0v) is 13.0. The zero-order valence-electron chi connectivity index (χ0n) is 12.1. The molecule has 0 radical (unpaired) electrons. The summed E-state index contributed by atoms with van der Waals surface area (Å²) in [5.74, 6) is 2.13. The van der Waals surface area contributed by atoms with E-state index in [0.29, 0.717) is 24.5 Å². The van der Waals surface area contributed by atoms with Gasteiger partial charge in [-0.05, 0) is 30.6 Å². The van der Waals surface area contributed by atoms with E-state index in [4.69, 9.17) is 15.2 Å². The van der Waals surface area contributed by atoms with E-state index < -0.39 is 6.04 Å². The maximum atomic E-state index is 11.8. The minimum Gasteiger partial charge on any atom is -0.497 e. The third kappa shape index (κ3) is 4.94. The van der Waals surface area contributed by atoms with Gasteiger partial charge in [-0.25, -0.2) is 0 Å². The molecule has 1 rings (SSSR count). The molecule has 1 aromatic carbocycles. The van der Waals surface area contributed by atoms with Crippen molar-refractivity contribution >= 4 is 17.7 Å². The van der Waals surface area contributed by atoms with Crippen molar-refractivity contribution < 1.29 is 14.3 Å². The van der Waals surface area contributed by atoms with Crippen molar-refractivity contribution in [1.29, 1.82) is 0 Å². The van der Waals surface area contributed by atoms with Crippen molar-refractivity contribution in [3.05, 3.63) is 23.8 Å². The molecule has 112 valence electrons. The van der Waals surface area contributed by atoms with Crippen LogP contribution in [0.2, 0.25) is 0 Å². The number of ether oxygens (including phenoxy) is 2. The average molecular weight is 298 g/mol. The van der Waals surface area contributed by atoms with Crippen LogP contribution >= 0.6 is 11.8 Å². The monoisotopic (exact) mass is 298 g/mol. The van der Waals surface area contributed by atoms with Crippen LogP contribution in [0.4, 0.5) is 0 Å². The summed E-state index contributed by atoms with van der Waals surface area (Å²) < 4.78 is 10.4. The highest BCUT2D eigenvalue weighted by Crippen LogP contribution is 2.24. The van der Waals surface area contributed by atoms with Crippen LogP contribution in [0, 0.1) is 0 Å². The summed E-state index contributed by atoms with van der Waals surface area (Å²) in [5, 5.41) is 2.83. The Morgan fingerprint density at radius 2 is 2.15 bits per heavy atom. The van der Waals surface area contributed by atoms with Crippen LogP contribution in [0.1, 0.15) is 12.0 Å². The summed E-state index contributed by atoms with van der Waals surface area (Å²) in [6.45, 7) is 0.388. The topological polar surface area (TPSA) is 73.6 Å². The Bertz CT molecular complexity index is 440. The quantitative estimate of drug-likeness (QED) is 0.759. The van der Waals surface area contributed by atoms with E-state index in [2.05, 4.69) is 5.32 Å². The van der Waals surface area contributed by atoms with E-state index in [1.807, 2.05) is 18.4 Å². The molecule has 20 heavy (non-hydrogen) atoms. The van der Waals surface area contributed by atoms with E-state index in [-0.39, 0.29) is 5.91 Å². The molecule has 0 bridgehead atoms. The first-order valence-electron chi connectivity index (χ1n) is 6.35. The fraction of sp³-hybridized carbons (Fsp3) is 0.500. The molecule has 0 aromatic heterocycles. The van der Waals surface area contributed by atoms with Gasteiger partial charge >= 0.3 is 0 Å². The summed E-state index contributed by atoms with van der Waals surface area (Å²) in [5.41, 5.74) is 6.69. The lowest BCUT2D eigenvalue weighted by molar-refractivity contribution is -0.122. The van der Waals surface area contributed by atoms with Gasteiger partial charge in [0.2, 0.25) is 5.91 Å². The van der Waals surface area contributed by atoms with Gasteiger partial charge in [0.1, 0.15) is 11.5 Å². The fourth-order valence-corrected chi connectivity index (χ4v) is 2.18. The molecule has 0 fully saturated rings. The third-order valence-electron chi connectivity index (χ3n) is 2.92. The van der Waals surface area contributed by atoms with Crippen molar-refractivity contribution in [1.82, 2.24) is 5.32 Å². The van der Waals surface area contributed by atoms with Crippen LogP contribution in [0.15, 0.2) is 18.2 Å². The smallest absolute Gasteiger partial charge is 0.237 e. The second-order valence-corrected chi connectivity index (χ2v) is 5.27. The van der Waals surface area contributed by atoms with Gasteiger partial charge in [0.05, 0.1) is 20.3 Å². The number of methoxy groups -OCH3 is 2. The summed E-state index contributed by atoms with van der Waals surface area (Å²) in [6, 6.07) is 5.02. The van der Waals surface area contributed by atoms with Gasteiger partial charge in [-0.15, -0.1) is 0 Å². The van der Waals surface area contributed by atoms with Gasteiger partial charge in [0, 0.05) is 18.2 Å². The number of rotatable bonds is 8. The van der Waals surface area contributed by atoms with Crippen LogP contribution in [0.25, 0.3) is 0 Å². The first-order chi connectivity index (χ1) is 9.62. The van der Waals surface area contributed by atoms with Gasteiger partial charge in [-0.2, -0.15) is 11.8 Å². The van der Waals surface area contributed by atoms with Gasteiger partial charge in [-0.3, -0.25) is 4.79 Å². The summed E-state index contributed by atoms with van der Waals surface area (Å²) >= 11 is 1.68. The standard InChI is InChI=1S/C14H22N2O3S/c1-18-11-5-4-10(13(8-11)19-2)9-16-14(17)12(15)6-7-20-3/h4-5,8,12H,6-7,9,15H2,1-3H3,(H,16,17)/t12-/m1/s1. The van der Waals surface area contributed by atoms with E-state index in [9.17, 15) is 4.79 Å². The molecular formula is C14H22N2O3S. The first kappa shape index (κ1) is 16.7. The number of carbonyl (C=O) groups is 1. The van der Waals surface area contributed by atoms with Crippen molar-refractivity contribution in [3.8, 4) is 11.5 Å². The number of hydrogen-bond acceptors (Lipinski definition) is 5. The van der Waals surface area contributed by atoms with Crippen molar-refractivity contribution in [2.45, 2.75) is 19.0 Å². The number of thioether (sulfide) groups is 1. The van der Waals surface area contributed by atoms with Crippen LogP contribution in [0.5, 0.6) is 11.5 Å². The third-order valence-corrected chi connectivity index (χ3v) is 3.56. The zero-order chi connectivity index (χ0) is 15.0. The predicted octanol–water partition coefficient (Wildman–Crippen LogP) is 1.40. The molecule has 0 aliphatic carbocycles. The molecule has 0 heterocycles. The summed E-state index contributed by atoms with van der Waals surface area (Å²) in [4.78, 5) is 11.8. The molecule has 1 atom stereocenters. The number of nitrogens with one attached hydrogen (secondary N) is 1. The van der Waals surface area contributed by atoms with Gasteiger partial charge in [-0.1, -0.05) is 0 Å². The summed E-state index contributed by atoms with van der Waals surface area (Å²) in [6.07, 6.45) is 2.67. The van der Waals surface area contributed by atoms with Gasteiger partial charge in [0.25, 0.3) is 0 Å². The molecule has 0 aliphatic rings. The molecule has 1 aromatic rings. The lowest BCUT2D eigenvalue weighted by Gasteiger charge is -2.14. The van der Waals surface area contributed by atoms with Crippen LogP contribution < -0.4 is 20.5 Å². The number of nitrogens with two attached hydrogens (primary N) is 1. The molecular weight excluding hydrogens is 276 g/mol. The van der Waals surface area contributed by atoms with Crippen molar-refractivity contribution in [2.24, 2.45) is 5.73 Å². The molecule has 0 unspecified atom stereocenters. The largest absolute Gasteiger partial charge is 0.497 e. The Hall–Kier alpha value is -1.40. The molecule has 0 saturated heterocycles. The number of amides is 1. The maximum absolute atomic E-state index is 11.8. The highest BCUT2D eigenvalue weighted by Gasteiger charge is 2.13. The molecule has 5 nitrogen and oxygen atoms in total. The Kier molecular flexibility index (Phi) is 7.25. The van der Waals surface area contributed by atoms with Crippen molar-refractivity contribution in [3.63, 3.8) is 0 Å². The lowest BCUT2D eigenvalue weighted by Crippen LogP contribution is -2.40. The lowest BCUT2D eigenvalue weighted by atomic mass is 10.1. The number of benzene rings is 1. The maximum Gasteiger partial charge on any atom is 0.237 e. The fourth-order valence-electron chi connectivity index (χ4n) is 1.69. The van der Waals surface area contributed by atoms with E-state index >= 15 is 0 Å². The summed E-state index contributed by atoms with van der Waals surface area (Å²) in [7, 11) is 3.19. The highest BCUT2D eigenvalue weighted by molar-refractivity contribution is 7.98. The molecule has 1 amide bonds. The second-order valence-electron chi connectivity index (χ2n) is 4.28. The van der Waals surface area contributed by atoms with Gasteiger partial charge in [0.15, 0.2) is 0 Å². The predicted molar refractivity (Wildman–Crippen MR) is 82.4 cm³/mol. The molecule has 6 heteroatoms. The van der Waals surface area contributed by atoms with Crippen molar-refractivity contribution in [2.75, 3.05) is 26.2 Å². The van der Waals surface area contributed by atoms with Crippen LogP contribution in [-0.4, -0.2) is 38.2 Å². The Morgan fingerprint density at radius 1 is 1.40 bits per heavy atom. The average Bonchev–Trinajstić information content (AvgIpc) is 2.49. The highest BCUT2D eigenvalue weighted by atomic mass is 32.2. The Balaban J connectivity index is 2.58. The molecule has 3 N–H and O–H groups in total. The van der Waals surface area contributed by atoms with Crippen LogP contribution in [0.3, 0.4) is 0 Å². The number of hydrogen-bond donors (Lipinski definition) is 2. The number of carbonyl (C=O) groups excluding carboxylic acids is 1. The van der Waals surface area contributed by atoms with E-state index in [1.165, 1.54) is 0 Å². The molecule has 0 spiro atoms. The van der Waals surface area contributed by atoms with Crippen LogP contribution in [-0.2, 0) is 11.3 Å². The van der Waals surface area contributed by atoms with Gasteiger partial charge < -0.3 is 20.5 Å². The Labute approximate surface area is 124 Å². The SMILES string of the molecule is COc1ccc(CNC(=O)[C@H](N)CCSC)c(OC)c1. The van der Waals surface area contributed by atoms with E-state index in [0.717, 1.165) is 11.3 Å². The minimum atomic E-state index is -0.466. The van der Waals surface area contributed by atoms with E-state index in [1.54, 1.807) is 32.0 Å². The molecule has 0 aliphatic heterocycles. The Morgan fingerprint density at radius 3 is 2.75 bits per heavy atom. The minimum absolute atomic E-state index is 0.142. The molecule has 0 saturated carbocycles. The second kappa shape index (κ2) is 8.71. The first-order valence-corrected chi connectivity index (χ1v) is 7.75.